The van der Waals surface area contributed by atoms with Crippen LogP contribution in [0.2, 0.25) is 0 Å². The van der Waals surface area contributed by atoms with Gasteiger partial charge in [-0.15, -0.1) is 37.1 Å². The maximum atomic E-state index is 6.11. The lowest BCUT2D eigenvalue weighted by Crippen LogP contribution is -2.42. The smallest absolute Gasteiger partial charge is 0.193 e. The maximum Gasteiger partial charge on any atom is 0.193 e. The molecule has 26 heavy (non-hydrogen) atoms. The molecule has 0 amide bonds. The molecule has 0 bridgehead atoms. The van der Waals surface area contributed by atoms with Crippen LogP contribution in [0.15, 0.2) is 54.6 Å². The van der Waals surface area contributed by atoms with Crippen molar-refractivity contribution in [2.75, 3.05) is 32.1 Å². The van der Waals surface area contributed by atoms with Crippen LogP contribution >= 0.6 is 24.0 Å². The minimum atomic E-state index is 0. The Balaban J connectivity index is 0.00000625. The first-order valence-corrected chi connectivity index (χ1v) is 8.63. The van der Waals surface area contributed by atoms with Gasteiger partial charge < -0.3 is 15.8 Å². The van der Waals surface area contributed by atoms with E-state index in [2.05, 4.69) is 42.2 Å². The Bertz CT molecular complexity index is 565. The third kappa shape index (κ3) is 8.33. The lowest BCUT2D eigenvalue weighted by atomic mass is 10.0. The molecule has 0 aliphatic heterocycles. The van der Waals surface area contributed by atoms with E-state index in [1.807, 2.05) is 36.4 Å². The molecule has 146 valence electrons. The molecule has 1 aromatic rings. The van der Waals surface area contributed by atoms with Crippen LogP contribution < -0.4 is 11.1 Å². The first-order valence-electron chi connectivity index (χ1n) is 8.63. The fraction of sp³-hybridized carbons (Fsp3) is 0.450. The van der Waals surface area contributed by atoms with Gasteiger partial charge in [0.15, 0.2) is 5.96 Å². The molecule has 1 atom stereocenters. The first-order chi connectivity index (χ1) is 12.0. The van der Waals surface area contributed by atoms with Crippen LogP contribution in [0.1, 0.15) is 19.4 Å². The van der Waals surface area contributed by atoms with Gasteiger partial charge in [-0.2, -0.15) is 0 Å². The van der Waals surface area contributed by atoms with Crippen LogP contribution in [0.4, 0.5) is 5.69 Å². The van der Waals surface area contributed by atoms with E-state index in [1.165, 1.54) is 0 Å². The van der Waals surface area contributed by atoms with Crippen molar-refractivity contribution in [3.8, 4) is 0 Å². The number of nitrogens with one attached hydrogen (secondary N) is 1. The normalized spacial score (nSPS) is 12.6. The zero-order valence-electron chi connectivity index (χ0n) is 16.1. The molecule has 0 spiro atoms. The molecule has 0 aliphatic carbocycles. The number of halogens is 1. The number of rotatable bonds is 11. The molecule has 0 radical (unpaired) electrons. The Morgan fingerprint density at radius 3 is 2.42 bits per heavy atom. The summed E-state index contributed by atoms with van der Waals surface area (Å²) in [4.78, 5) is 6.87. The Morgan fingerprint density at radius 1 is 1.27 bits per heavy atom. The number of anilines is 1. The predicted octanol–water partition coefficient (Wildman–Crippen LogP) is 3.88. The number of nitrogens with zero attached hydrogens (tertiary/aromatic N) is 2. The summed E-state index contributed by atoms with van der Waals surface area (Å²) in [6.07, 6.45) is 3.82. The second-order valence-electron chi connectivity index (χ2n) is 6.28. The highest BCUT2D eigenvalue weighted by Crippen LogP contribution is 2.16. The van der Waals surface area contributed by atoms with Gasteiger partial charge in [-0.25, -0.2) is 0 Å². The largest absolute Gasteiger partial charge is 0.380 e. The minimum absolute atomic E-state index is 0. The summed E-state index contributed by atoms with van der Waals surface area (Å²) < 4.78 is 5.22. The zero-order valence-corrected chi connectivity index (χ0v) is 18.5. The van der Waals surface area contributed by atoms with Crippen molar-refractivity contribution in [1.82, 2.24) is 4.90 Å². The average Bonchev–Trinajstić information content (AvgIpc) is 2.57. The van der Waals surface area contributed by atoms with Crippen molar-refractivity contribution < 1.29 is 4.74 Å². The number of methoxy groups -OCH3 is 1. The molecule has 6 heteroatoms. The highest BCUT2D eigenvalue weighted by atomic mass is 127. The second kappa shape index (κ2) is 13.8. The SMILES string of the molecule is C=CCN(CC=C)C(CN=C(N)Nc1ccccc1COC)C(C)C.I. The molecule has 0 aromatic heterocycles. The molecular weight excluding hydrogens is 439 g/mol. The summed E-state index contributed by atoms with van der Waals surface area (Å²) in [5.74, 6) is 0.851. The van der Waals surface area contributed by atoms with E-state index in [9.17, 15) is 0 Å². The van der Waals surface area contributed by atoms with Gasteiger partial charge in [-0.3, -0.25) is 9.89 Å². The molecule has 0 saturated heterocycles. The molecule has 3 N–H and O–H groups in total. The monoisotopic (exact) mass is 472 g/mol. The van der Waals surface area contributed by atoms with Gasteiger partial charge in [0.2, 0.25) is 0 Å². The summed E-state index contributed by atoms with van der Waals surface area (Å²) in [7, 11) is 1.68. The van der Waals surface area contributed by atoms with Crippen LogP contribution in [0, 0.1) is 5.92 Å². The Labute approximate surface area is 175 Å². The fourth-order valence-corrected chi connectivity index (χ4v) is 2.72. The maximum absolute atomic E-state index is 6.11. The summed E-state index contributed by atoms with van der Waals surface area (Å²) in [6, 6.07) is 8.18. The van der Waals surface area contributed by atoms with Crippen molar-refractivity contribution in [2.24, 2.45) is 16.6 Å². The predicted molar refractivity (Wildman–Crippen MR) is 123 cm³/mol. The van der Waals surface area contributed by atoms with Crippen molar-refractivity contribution in [3.63, 3.8) is 0 Å². The number of para-hydroxylation sites is 1. The van der Waals surface area contributed by atoms with Gasteiger partial charge in [-0.1, -0.05) is 44.2 Å². The Kier molecular flexibility index (Phi) is 13.0. The topological polar surface area (TPSA) is 62.9 Å². The quantitative estimate of drug-likeness (QED) is 0.222. The lowest BCUT2D eigenvalue weighted by Gasteiger charge is -2.31. The van der Waals surface area contributed by atoms with Gasteiger partial charge in [0.1, 0.15) is 0 Å². The van der Waals surface area contributed by atoms with Crippen molar-refractivity contribution in [1.29, 1.82) is 0 Å². The fourth-order valence-electron chi connectivity index (χ4n) is 2.72. The molecule has 0 aliphatic rings. The van der Waals surface area contributed by atoms with Gasteiger partial charge in [-0.05, 0) is 12.0 Å². The van der Waals surface area contributed by atoms with Gasteiger partial charge in [0, 0.05) is 37.5 Å². The van der Waals surface area contributed by atoms with E-state index in [0.717, 1.165) is 24.3 Å². The Hall–Kier alpha value is -1.38. The van der Waals surface area contributed by atoms with Crippen LogP contribution in [-0.4, -0.2) is 43.6 Å². The van der Waals surface area contributed by atoms with E-state index in [0.29, 0.717) is 25.0 Å². The van der Waals surface area contributed by atoms with E-state index in [4.69, 9.17) is 10.5 Å². The van der Waals surface area contributed by atoms with Crippen LogP contribution in [0.5, 0.6) is 0 Å². The third-order valence-electron chi connectivity index (χ3n) is 3.99. The molecule has 0 fully saturated rings. The van der Waals surface area contributed by atoms with Gasteiger partial charge >= 0.3 is 0 Å². The van der Waals surface area contributed by atoms with Gasteiger partial charge in [0.05, 0.1) is 13.2 Å². The summed E-state index contributed by atoms with van der Waals surface area (Å²) in [5.41, 5.74) is 8.07. The zero-order chi connectivity index (χ0) is 18.7. The molecular formula is C20H33IN4O. The van der Waals surface area contributed by atoms with E-state index >= 15 is 0 Å². The van der Waals surface area contributed by atoms with Crippen LogP contribution in [-0.2, 0) is 11.3 Å². The number of ether oxygens (including phenoxy) is 1. The van der Waals surface area contributed by atoms with Crippen LogP contribution in [0.25, 0.3) is 0 Å². The minimum Gasteiger partial charge on any atom is -0.380 e. The third-order valence-corrected chi connectivity index (χ3v) is 3.99. The van der Waals surface area contributed by atoms with Crippen molar-refractivity contribution in [3.05, 3.63) is 55.1 Å². The van der Waals surface area contributed by atoms with E-state index < -0.39 is 0 Å². The second-order valence-corrected chi connectivity index (χ2v) is 6.28. The lowest BCUT2D eigenvalue weighted by molar-refractivity contribution is 0.185. The average molecular weight is 472 g/mol. The van der Waals surface area contributed by atoms with Crippen molar-refractivity contribution >= 4 is 35.6 Å². The number of hydrogen-bond donors (Lipinski definition) is 2. The molecule has 1 rings (SSSR count). The summed E-state index contributed by atoms with van der Waals surface area (Å²) in [5, 5.41) is 3.18. The number of aliphatic imine (C=N–C) groups is 1. The van der Waals surface area contributed by atoms with Crippen LogP contribution in [0.3, 0.4) is 0 Å². The van der Waals surface area contributed by atoms with Crippen molar-refractivity contribution in [2.45, 2.75) is 26.5 Å². The number of nitrogens with two attached hydrogens (primary N) is 1. The number of guanidine groups is 1. The number of hydrogen-bond acceptors (Lipinski definition) is 3. The first kappa shape index (κ1) is 24.6. The van der Waals surface area contributed by atoms with E-state index in [-0.39, 0.29) is 30.0 Å². The highest BCUT2D eigenvalue weighted by Gasteiger charge is 2.19. The van der Waals surface area contributed by atoms with Gasteiger partial charge in [0.25, 0.3) is 0 Å². The summed E-state index contributed by atoms with van der Waals surface area (Å²) >= 11 is 0. The molecule has 1 unspecified atom stereocenters. The Morgan fingerprint density at radius 2 is 1.88 bits per heavy atom. The molecule has 5 nitrogen and oxygen atoms in total. The molecule has 1 aromatic carbocycles. The molecule has 0 saturated carbocycles. The molecule has 0 heterocycles. The summed E-state index contributed by atoms with van der Waals surface area (Å²) in [6.45, 7) is 14.8. The van der Waals surface area contributed by atoms with E-state index in [1.54, 1.807) is 7.11 Å². The standard InChI is InChI=1S/C20H32N4O.HI/c1-6-12-24(13-7-2)19(16(3)4)14-22-20(21)23-18-11-9-8-10-17(18)15-25-5;/h6-11,16,19H,1-2,12-15H2,3-5H3,(H3,21,22,23);1H. The number of benzene rings is 1. The highest BCUT2D eigenvalue weighted by molar-refractivity contribution is 14.0.